The third kappa shape index (κ3) is 2.99. The van der Waals surface area contributed by atoms with Crippen LogP contribution in [0.15, 0.2) is 24.8 Å². The zero-order chi connectivity index (χ0) is 14.7. The fourth-order valence-corrected chi connectivity index (χ4v) is 2.28. The molecule has 2 aromatic heterocycles. The number of aromatic nitrogens is 4. The van der Waals surface area contributed by atoms with E-state index in [9.17, 15) is 4.39 Å². The predicted molar refractivity (Wildman–Crippen MR) is 78.0 cm³/mol. The Morgan fingerprint density at radius 1 is 0.952 bits per heavy atom. The highest BCUT2D eigenvalue weighted by atomic mass is 19.1. The fraction of sp³-hybridized carbons (Fsp3) is 0.385. The number of piperazine rings is 1. The largest absolute Gasteiger partial charge is 0.372 e. The monoisotopic (exact) mass is 289 g/mol. The molecule has 0 spiro atoms. The molecule has 0 bridgehead atoms. The van der Waals surface area contributed by atoms with Gasteiger partial charge in [0, 0.05) is 39.3 Å². The Morgan fingerprint density at radius 3 is 2.24 bits per heavy atom. The van der Waals surface area contributed by atoms with Gasteiger partial charge in [-0.25, -0.2) is 19.9 Å². The van der Waals surface area contributed by atoms with Gasteiger partial charge in [-0.15, -0.1) is 0 Å². The van der Waals surface area contributed by atoms with Gasteiger partial charge in [0.25, 0.3) is 0 Å². The first kappa shape index (κ1) is 13.5. The van der Waals surface area contributed by atoms with Crippen LogP contribution < -0.4 is 15.1 Å². The van der Waals surface area contributed by atoms with Gasteiger partial charge in [-0.3, -0.25) is 0 Å². The molecule has 0 amide bonds. The number of nitrogens with zero attached hydrogens (tertiary/aromatic N) is 6. The molecular formula is C13H16FN7. The van der Waals surface area contributed by atoms with Gasteiger partial charge in [-0.2, -0.15) is 4.39 Å². The number of anilines is 3. The minimum atomic E-state index is -0.504. The van der Waals surface area contributed by atoms with E-state index in [4.69, 9.17) is 0 Å². The Morgan fingerprint density at radius 2 is 1.67 bits per heavy atom. The molecule has 3 heterocycles. The minimum Gasteiger partial charge on any atom is -0.372 e. The summed E-state index contributed by atoms with van der Waals surface area (Å²) in [5, 5.41) is 2.94. The minimum absolute atomic E-state index is 0.504. The molecule has 0 atom stereocenters. The van der Waals surface area contributed by atoms with E-state index in [0.717, 1.165) is 37.8 Å². The molecule has 0 aromatic carbocycles. The lowest BCUT2D eigenvalue weighted by atomic mass is 10.3. The first-order chi connectivity index (χ1) is 10.3. The van der Waals surface area contributed by atoms with Crippen molar-refractivity contribution in [3.05, 3.63) is 30.7 Å². The number of rotatable bonds is 3. The molecule has 0 saturated carbocycles. The van der Waals surface area contributed by atoms with Crippen molar-refractivity contribution in [1.29, 1.82) is 0 Å². The SMILES string of the molecule is CNc1cnc(N2CCN(c3cc(F)ncn3)CC2)cn1. The molecule has 110 valence electrons. The number of halogens is 1. The lowest BCUT2D eigenvalue weighted by molar-refractivity contribution is 0.574. The van der Waals surface area contributed by atoms with Crippen molar-refractivity contribution >= 4 is 17.5 Å². The summed E-state index contributed by atoms with van der Waals surface area (Å²) in [5.41, 5.74) is 0. The molecule has 3 rings (SSSR count). The smallest absolute Gasteiger partial charge is 0.218 e. The number of nitrogens with one attached hydrogen (secondary N) is 1. The molecule has 1 aliphatic heterocycles. The molecule has 1 N–H and O–H groups in total. The van der Waals surface area contributed by atoms with E-state index in [0.29, 0.717) is 5.82 Å². The van der Waals surface area contributed by atoms with Crippen molar-refractivity contribution in [2.75, 3.05) is 48.3 Å². The van der Waals surface area contributed by atoms with E-state index >= 15 is 0 Å². The number of hydrogen-bond donors (Lipinski definition) is 1. The summed E-state index contributed by atoms with van der Waals surface area (Å²) in [6.07, 6.45) is 4.71. The quantitative estimate of drug-likeness (QED) is 0.837. The van der Waals surface area contributed by atoms with Crippen LogP contribution in [0.3, 0.4) is 0 Å². The van der Waals surface area contributed by atoms with Gasteiger partial charge < -0.3 is 15.1 Å². The molecule has 21 heavy (non-hydrogen) atoms. The van der Waals surface area contributed by atoms with Crippen LogP contribution >= 0.6 is 0 Å². The van der Waals surface area contributed by atoms with E-state index in [2.05, 4.69) is 30.2 Å². The van der Waals surface area contributed by atoms with Gasteiger partial charge >= 0.3 is 0 Å². The van der Waals surface area contributed by atoms with Crippen LogP contribution in [-0.4, -0.2) is 53.2 Å². The van der Waals surface area contributed by atoms with Crippen LogP contribution in [0.4, 0.5) is 21.8 Å². The zero-order valence-corrected chi connectivity index (χ0v) is 11.7. The number of hydrogen-bond acceptors (Lipinski definition) is 7. The average Bonchev–Trinajstić information content (AvgIpc) is 2.55. The second-order valence-electron chi connectivity index (χ2n) is 4.68. The lowest BCUT2D eigenvalue weighted by Gasteiger charge is -2.35. The van der Waals surface area contributed by atoms with E-state index < -0.39 is 5.95 Å². The van der Waals surface area contributed by atoms with Gasteiger partial charge in [-0.1, -0.05) is 0 Å². The van der Waals surface area contributed by atoms with E-state index in [1.54, 1.807) is 12.4 Å². The van der Waals surface area contributed by atoms with E-state index in [1.807, 2.05) is 11.9 Å². The summed E-state index contributed by atoms with van der Waals surface area (Å²) >= 11 is 0. The summed E-state index contributed by atoms with van der Waals surface area (Å²) in [5.74, 6) is 1.71. The van der Waals surface area contributed by atoms with Crippen LogP contribution in [0.1, 0.15) is 0 Å². The fourth-order valence-electron chi connectivity index (χ4n) is 2.28. The Labute approximate surface area is 121 Å². The third-order valence-corrected chi connectivity index (χ3v) is 3.44. The molecule has 1 fully saturated rings. The predicted octanol–water partition coefficient (Wildman–Crippen LogP) is 0.774. The molecule has 0 aliphatic carbocycles. The molecule has 8 heteroatoms. The van der Waals surface area contributed by atoms with Crippen LogP contribution in [0.2, 0.25) is 0 Å². The van der Waals surface area contributed by atoms with Gasteiger partial charge in [0.1, 0.15) is 23.8 Å². The maximum Gasteiger partial charge on any atom is 0.218 e. The van der Waals surface area contributed by atoms with Gasteiger partial charge in [0.15, 0.2) is 0 Å². The first-order valence-corrected chi connectivity index (χ1v) is 6.73. The molecule has 2 aromatic rings. The summed E-state index contributed by atoms with van der Waals surface area (Å²) < 4.78 is 13.1. The summed E-state index contributed by atoms with van der Waals surface area (Å²) in [7, 11) is 1.81. The van der Waals surface area contributed by atoms with Crippen molar-refractivity contribution < 1.29 is 4.39 Å². The maximum atomic E-state index is 13.1. The first-order valence-electron chi connectivity index (χ1n) is 6.73. The topological polar surface area (TPSA) is 70.1 Å². The highest BCUT2D eigenvalue weighted by molar-refractivity contribution is 5.45. The van der Waals surface area contributed by atoms with Crippen molar-refractivity contribution in [3.63, 3.8) is 0 Å². The van der Waals surface area contributed by atoms with Crippen molar-refractivity contribution in [1.82, 2.24) is 19.9 Å². The molecule has 0 radical (unpaired) electrons. The standard InChI is InChI=1S/C13H16FN7/c1-15-11-7-17-13(8-16-11)21-4-2-20(3-5-21)12-6-10(14)18-9-19-12/h6-9H,2-5H2,1H3,(H,15,16). The van der Waals surface area contributed by atoms with Crippen LogP contribution in [0, 0.1) is 5.95 Å². The second kappa shape index (κ2) is 5.86. The van der Waals surface area contributed by atoms with Crippen LogP contribution in [0.5, 0.6) is 0 Å². The van der Waals surface area contributed by atoms with Gasteiger partial charge in [-0.05, 0) is 0 Å². The van der Waals surface area contributed by atoms with Crippen molar-refractivity contribution in [2.24, 2.45) is 0 Å². The molecule has 7 nitrogen and oxygen atoms in total. The highest BCUT2D eigenvalue weighted by Crippen LogP contribution is 2.17. The molecule has 1 aliphatic rings. The van der Waals surface area contributed by atoms with E-state index in [-0.39, 0.29) is 0 Å². The van der Waals surface area contributed by atoms with Gasteiger partial charge in [0.2, 0.25) is 5.95 Å². The summed E-state index contributed by atoms with van der Waals surface area (Å²) in [6.45, 7) is 3.09. The maximum absolute atomic E-state index is 13.1. The summed E-state index contributed by atoms with van der Waals surface area (Å²) in [6, 6.07) is 1.36. The lowest BCUT2D eigenvalue weighted by Crippen LogP contribution is -2.47. The average molecular weight is 289 g/mol. The summed E-state index contributed by atoms with van der Waals surface area (Å²) in [4.78, 5) is 20.4. The normalized spacial score (nSPS) is 15.1. The van der Waals surface area contributed by atoms with Crippen LogP contribution in [-0.2, 0) is 0 Å². The van der Waals surface area contributed by atoms with Crippen LogP contribution in [0.25, 0.3) is 0 Å². The Balaban J connectivity index is 1.64. The van der Waals surface area contributed by atoms with Gasteiger partial charge in [0.05, 0.1) is 12.4 Å². The molecule has 0 unspecified atom stereocenters. The molecular weight excluding hydrogens is 273 g/mol. The Bertz CT molecular complexity index is 596. The van der Waals surface area contributed by atoms with E-state index in [1.165, 1.54) is 12.4 Å². The second-order valence-corrected chi connectivity index (χ2v) is 4.68. The highest BCUT2D eigenvalue weighted by Gasteiger charge is 2.19. The molecule has 1 saturated heterocycles. The Hall–Kier alpha value is -2.51. The van der Waals surface area contributed by atoms with Crippen molar-refractivity contribution in [3.8, 4) is 0 Å². The third-order valence-electron chi connectivity index (χ3n) is 3.44. The van der Waals surface area contributed by atoms with Crippen molar-refractivity contribution in [2.45, 2.75) is 0 Å². The zero-order valence-electron chi connectivity index (χ0n) is 11.7. The Kier molecular flexibility index (Phi) is 3.76.